The second kappa shape index (κ2) is 11.1. The maximum atomic E-state index is 12.6. The maximum Gasteiger partial charge on any atom is 0.261 e. The first-order chi connectivity index (χ1) is 9.85. The van der Waals surface area contributed by atoms with E-state index in [0.717, 1.165) is 44.9 Å². The van der Waals surface area contributed by atoms with Gasteiger partial charge in [-0.2, -0.15) is 0 Å². The van der Waals surface area contributed by atoms with Gasteiger partial charge in [-0.05, 0) is 26.7 Å². The van der Waals surface area contributed by atoms with Gasteiger partial charge in [-0.25, -0.2) is 8.78 Å². The molecule has 0 bridgehead atoms. The van der Waals surface area contributed by atoms with E-state index in [0.29, 0.717) is 0 Å². The molecule has 0 aromatic heterocycles. The van der Waals surface area contributed by atoms with Crippen molar-refractivity contribution in [3.63, 3.8) is 0 Å². The van der Waals surface area contributed by atoms with Crippen LogP contribution >= 0.6 is 0 Å². The lowest BCUT2D eigenvalue weighted by molar-refractivity contribution is -0.149. The van der Waals surface area contributed by atoms with Gasteiger partial charge in [0.05, 0.1) is 0 Å². The van der Waals surface area contributed by atoms with Crippen molar-refractivity contribution < 1.29 is 18.3 Å². The monoisotopic (exact) mass is 306 g/mol. The van der Waals surface area contributed by atoms with Crippen molar-refractivity contribution in [3.8, 4) is 0 Å². The number of alkyl halides is 2. The number of rotatable bonds is 13. The van der Waals surface area contributed by atoms with E-state index in [9.17, 15) is 13.6 Å². The number of hydrogen-bond donors (Lipinski definition) is 0. The zero-order valence-electron chi connectivity index (χ0n) is 14.1. The fourth-order valence-electron chi connectivity index (χ4n) is 2.51. The molecule has 0 heterocycles. The van der Waals surface area contributed by atoms with Gasteiger partial charge < -0.3 is 4.74 Å². The van der Waals surface area contributed by atoms with Gasteiger partial charge in [-0.15, -0.1) is 0 Å². The van der Waals surface area contributed by atoms with Crippen LogP contribution in [0.3, 0.4) is 0 Å². The molecule has 21 heavy (non-hydrogen) atoms. The normalized spacial score (nSPS) is 13.7. The Balaban J connectivity index is 4.51. The van der Waals surface area contributed by atoms with Gasteiger partial charge in [-0.3, -0.25) is 4.79 Å². The van der Waals surface area contributed by atoms with Gasteiger partial charge in [0, 0.05) is 5.92 Å². The van der Waals surface area contributed by atoms with Gasteiger partial charge >= 0.3 is 0 Å². The molecule has 0 N–H and O–H groups in total. The second-order valence-electron chi connectivity index (χ2n) is 6.27. The second-order valence-corrected chi connectivity index (χ2v) is 6.27. The van der Waals surface area contributed by atoms with Crippen molar-refractivity contribution in [2.24, 2.45) is 5.92 Å². The number of halogens is 2. The quantitative estimate of drug-likeness (QED) is 0.426. The molecule has 0 saturated heterocycles. The summed E-state index contributed by atoms with van der Waals surface area (Å²) in [5.74, 6) is -0.0809. The molecule has 0 amide bonds. The molecule has 4 heteroatoms. The summed E-state index contributed by atoms with van der Waals surface area (Å²) in [4.78, 5) is 12.6. The molecule has 1 unspecified atom stereocenters. The van der Waals surface area contributed by atoms with Gasteiger partial charge in [0.25, 0.3) is 6.43 Å². The van der Waals surface area contributed by atoms with E-state index >= 15 is 0 Å². The number of hydrogen-bond acceptors (Lipinski definition) is 2. The lowest BCUT2D eigenvalue weighted by atomic mass is 9.84. The number of ketones is 1. The molecule has 126 valence electrons. The number of ether oxygens (including phenoxy) is 1. The average molecular weight is 306 g/mol. The average Bonchev–Trinajstić information content (AvgIpc) is 2.44. The number of carbonyl (C=O) groups excluding carboxylic acids is 1. The van der Waals surface area contributed by atoms with Crippen molar-refractivity contribution in [2.45, 2.75) is 91.1 Å². The maximum absolute atomic E-state index is 12.6. The minimum absolute atomic E-state index is 0.0203. The minimum atomic E-state index is -2.53. The highest BCUT2D eigenvalue weighted by Crippen LogP contribution is 2.26. The largest absolute Gasteiger partial charge is 0.362 e. The predicted octanol–water partition coefficient (Wildman–Crippen LogP) is 5.39. The Labute approximate surface area is 128 Å². The van der Waals surface area contributed by atoms with Gasteiger partial charge in [0.1, 0.15) is 12.2 Å². The van der Waals surface area contributed by atoms with E-state index in [-0.39, 0.29) is 11.7 Å². The van der Waals surface area contributed by atoms with Crippen LogP contribution in [0, 0.1) is 5.92 Å². The third-order valence-electron chi connectivity index (χ3n) is 3.85. The lowest BCUT2D eigenvalue weighted by Gasteiger charge is -2.28. The Kier molecular flexibility index (Phi) is 10.8. The van der Waals surface area contributed by atoms with Crippen molar-refractivity contribution >= 4 is 5.78 Å². The molecule has 1 atom stereocenters. The summed E-state index contributed by atoms with van der Waals surface area (Å²) in [6, 6.07) is 0. The molecule has 0 radical (unpaired) electrons. The van der Waals surface area contributed by atoms with Crippen LogP contribution in [0.4, 0.5) is 8.78 Å². The Morgan fingerprint density at radius 1 is 1.00 bits per heavy atom. The topological polar surface area (TPSA) is 26.3 Å². The molecule has 0 fully saturated rings. The highest BCUT2D eigenvalue weighted by molar-refractivity contribution is 5.88. The van der Waals surface area contributed by atoms with Gasteiger partial charge in [0.15, 0.2) is 5.78 Å². The molecule has 0 aromatic carbocycles. The summed E-state index contributed by atoms with van der Waals surface area (Å²) in [6.45, 7) is 6.80. The molecular weight excluding hydrogens is 274 g/mol. The lowest BCUT2D eigenvalue weighted by Crippen LogP contribution is -2.41. The molecule has 0 aromatic rings. The fourth-order valence-corrected chi connectivity index (χ4v) is 2.51. The third-order valence-corrected chi connectivity index (χ3v) is 3.85. The fraction of sp³-hybridized carbons (Fsp3) is 0.941. The van der Waals surface area contributed by atoms with Crippen molar-refractivity contribution in [3.05, 3.63) is 0 Å². The van der Waals surface area contributed by atoms with E-state index in [2.05, 4.69) is 13.8 Å². The van der Waals surface area contributed by atoms with E-state index in [1.54, 1.807) is 13.8 Å². The summed E-state index contributed by atoms with van der Waals surface area (Å²) >= 11 is 0. The van der Waals surface area contributed by atoms with E-state index < -0.39 is 18.6 Å². The summed E-state index contributed by atoms with van der Waals surface area (Å²) in [6.07, 6.45) is 5.69. The van der Waals surface area contributed by atoms with Crippen LogP contribution in [0.2, 0.25) is 0 Å². The SMILES string of the molecule is CCCCCCC(CCCC)C(=O)C(C)(C)OCC(F)F. The molecule has 0 aliphatic rings. The Morgan fingerprint density at radius 2 is 1.57 bits per heavy atom. The molecule has 2 nitrogen and oxygen atoms in total. The zero-order chi connectivity index (χ0) is 16.3. The summed E-state index contributed by atoms with van der Waals surface area (Å²) in [5, 5.41) is 0. The van der Waals surface area contributed by atoms with Crippen LogP contribution < -0.4 is 0 Å². The Morgan fingerprint density at radius 3 is 2.10 bits per heavy atom. The molecule has 0 aliphatic carbocycles. The number of carbonyl (C=O) groups is 1. The molecule has 0 rings (SSSR count). The molecule has 0 saturated carbocycles. The smallest absolute Gasteiger partial charge is 0.261 e. The van der Waals surface area contributed by atoms with E-state index in [4.69, 9.17) is 4.74 Å². The highest BCUT2D eigenvalue weighted by Gasteiger charge is 2.34. The first kappa shape index (κ1) is 20.5. The Bertz CT molecular complexity index is 278. The molecule has 0 spiro atoms. The van der Waals surface area contributed by atoms with Crippen LogP contribution in [-0.2, 0) is 9.53 Å². The third kappa shape index (κ3) is 9.18. The number of Topliss-reactive ketones (excluding diaryl/α,β-unsaturated/α-hetero) is 1. The minimum Gasteiger partial charge on any atom is -0.362 e. The van der Waals surface area contributed by atoms with E-state index in [1.165, 1.54) is 6.42 Å². The van der Waals surface area contributed by atoms with Crippen molar-refractivity contribution in [1.82, 2.24) is 0 Å². The standard InChI is InChI=1S/C17H32F2O2/c1-5-7-9-10-12-14(11-8-6-2)16(20)17(3,4)21-13-15(18)19/h14-15H,5-13H2,1-4H3. The van der Waals surface area contributed by atoms with Crippen molar-refractivity contribution in [2.75, 3.05) is 6.61 Å². The van der Waals surface area contributed by atoms with Crippen LogP contribution in [0.15, 0.2) is 0 Å². The molecular formula is C17H32F2O2. The summed E-state index contributed by atoms with van der Waals surface area (Å²) in [7, 11) is 0. The first-order valence-electron chi connectivity index (χ1n) is 8.31. The summed E-state index contributed by atoms with van der Waals surface area (Å²) in [5.41, 5.74) is -1.11. The van der Waals surface area contributed by atoms with Crippen LogP contribution in [-0.4, -0.2) is 24.4 Å². The van der Waals surface area contributed by atoms with Gasteiger partial charge in [0.2, 0.25) is 0 Å². The van der Waals surface area contributed by atoms with E-state index in [1.807, 2.05) is 0 Å². The van der Waals surface area contributed by atoms with Crippen molar-refractivity contribution in [1.29, 1.82) is 0 Å². The zero-order valence-corrected chi connectivity index (χ0v) is 14.1. The van der Waals surface area contributed by atoms with Crippen LogP contribution in [0.5, 0.6) is 0 Å². The first-order valence-corrected chi connectivity index (χ1v) is 8.31. The molecule has 0 aliphatic heterocycles. The number of unbranched alkanes of at least 4 members (excludes halogenated alkanes) is 4. The predicted molar refractivity (Wildman–Crippen MR) is 82.8 cm³/mol. The summed E-state index contributed by atoms with van der Waals surface area (Å²) < 4.78 is 29.7. The van der Waals surface area contributed by atoms with Crippen LogP contribution in [0.1, 0.15) is 79.1 Å². The van der Waals surface area contributed by atoms with Crippen LogP contribution in [0.25, 0.3) is 0 Å². The Hall–Kier alpha value is -0.510. The van der Waals surface area contributed by atoms with Gasteiger partial charge in [-0.1, -0.05) is 52.4 Å². The highest BCUT2D eigenvalue weighted by atomic mass is 19.3.